The first-order valence-electron chi connectivity index (χ1n) is 7.54. The van der Waals surface area contributed by atoms with E-state index in [4.69, 9.17) is 0 Å². The second kappa shape index (κ2) is 6.40. The zero-order valence-electron chi connectivity index (χ0n) is 12.8. The quantitative estimate of drug-likeness (QED) is 0.783. The molecule has 0 radical (unpaired) electrons. The average molecular weight is 274 g/mol. The van der Waals surface area contributed by atoms with Gasteiger partial charge in [-0.05, 0) is 36.3 Å². The zero-order chi connectivity index (χ0) is 14.6. The number of amides is 1. The third kappa shape index (κ3) is 3.40. The van der Waals surface area contributed by atoms with E-state index in [-0.39, 0.29) is 5.91 Å². The van der Waals surface area contributed by atoms with Gasteiger partial charge in [-0.3, -0.25) is 4.79 Å². The summed E-state index contributed by atoms with van der Waals surface area (Å²) in [4.78, 5) is 10.8. The lowest BCUT2D eigenvalue weighted by Crippen LogP contribution is -2.55. The first kappa shape index (κ1) is 15.0. The average Bonchev–Trinajstić information content (AvgIpc) is 2.41. The summed E-state index contributed by atoms with van der Waals surface area (Å²) in [5.41, 5.74) is 1.75. The molecule has 1 amide bonds. The molecule has 0 unspecified atom stereocenters. The lowest BCUT2D eigenvalue weighted by atomic mass is 9.56. The summed E-state index contributed by atoms with van der Waals surface area (Å²) in [5, 5.41) is 6.46. The van der Waals surface area contributed by atoms with Crippen LogP contribution < -0.4 is 10.6 Å². The van der Waals surface area contributed by atoms with E-state index in [1.54, 1.807) is 6.92 Å². The van der Waals surface area contributed by atoms with Crippen molar-refractivity contribution in [1.82, 2.24) is 10.6 Å². The fourth-order valence-electron chi connectivity index (χ4n) is 3.15. The number of benzene rings is 1. The highest BCUT2D eigenvalue weighted by Gasteiger charge is 2.47. The third-order valence-electron chi connectivity index (χ3n) is 4.59. The summed E-state index contributed by atoms with van der Waals surface area (Å²) in [6.45, 7) is 7.99. The van der Waals surface area contributed by atoms with E-state index >= 15 is 0 Å². The minimum Gasteiger partial charge on any atom is -0.356 e. The van der Waals surface area contributed by atoms with Gasteiger partial charge in [-0.15, -0.1) is 0 Å². The van der Waals surface area contributed by atoms with E-state index in [9.17, 15) is 4.79 Å². The molecule has 0 saturated heterocycles. The number of hydrogen-bond donors (Lipinski definition) is 2. The maximum atomic E-state index is 10.8. The van der Waals surface area contributed by atoms with Crippen molar-refractivity contribution in [2.24, 2.45) is 5.41 Å². The summed E-state index contributed by atoms with van der Waals surface area (Å²) in [5.74, 6) is 0.703. The molecule has 20 heavy (non-hydrogen) atoms. The fraction of sp³-hybridized carbons (Fsp3) is 0.588. The molecule has 1 aliphatic rings. The van der Waals surface area contributed by atoms with Crippen LogP contribution in [0.15, 0.2) is 30.3 Å². The van der Waals surface area contributed by atoms with Crippen molar-refractivity contribution in [1.29, 1.82) is 0 Å². The highest BCUT2D eigenvalue weighted by Crippen LogP contribution is 2.52. The minimum atomic E-state index is 0.0538. The van der Waals surface area contributed by atoms with Crippen LogP contribution in [0.1, 0.15) is 45.1 Å². The van der Waals surface area contributed by atoms with Crippen LogP contribution >= 0.6 is 0 Å². The molecule has 2 N–H and O–H groups in total. The molecule has 3 nitrogen and oxygen atoms in total. The van der Waals surface area contributed by atoms with Gasteiger partial charge in [0, 0.05) is 19.5 Å². The number of hydrogen-bond acceptors (Lipinski definition) is 2. The summed E-state index contributed by atoms with van der Waals surface area (Å²) in [6.07, 6.45) is 2.19. The van der Waals surface area contributed by atoms with Gasteiger partial charge < -0.3 is 10.6 Å². The Morgan fingerprint density at radius 3 is 2.55 bits per heavy atom. The molecule has 2 atom stereocenters. The molecule has 3 heteroatoms. The van der Waals surface area contributed by atoms with Crippen molar-refractivity contribution in [2.75, 3.05) is 13.1 Å². The molecule has 1 fully saturated rings. The molecule has 0 bridgehead atoms. The molecule has 2 rings (SSSR count). The summed E-state index contributed by atoms with van der Waals surface area (Å²) in [6, 6.07) is 11.4. The van der Waals surface area contributed by atoms with Crippen LogP contribution in [0.4, 0.5) is 0 Å². The monoisotopic (exact) mass is 274 g/mol. The lowest BCUT2D eigenvalue weighted by Gasteiger charge is -2.53. The summed E-state index contributed by atoms with van der Waals surface area (Å²) in [7, 11) is 0. The van der Waals surface area contributed by atoms with E-state index in [0.717, 1.165) is 19.5 Å². The Kier molecular flexibility index (Phi) is 4.81. The third-order valence-corrected chi connectivity index (χ3v) is 4.59. The molecular weight excluding hydrogens is 248 g/mol. The SMILES string of the molecule is CC(=O)NCCCN[C@H]1C[C@@H](c2ccccc2)C1(C)C. The number of carbonyl (C=O) groups excluding carboxylic acids is 1. The van der Waals surface area contributed by atoms with Crippen molar-refractivity contribution in [3.8, 4) is 0 Å². The molecule has 0 spiro atoms. The topological polar surface area (TPSA) is 41.1 Å². The molecule has 0 heterocycles. The van der Waals surface area contributed by atoms with Gasteiger partial charge in [-0.1, -0.05) is 44.2 Å². The van der Waals surface area contributed by atoms with E-state index in [1.807, 2.05) is 0 Å². The second-order valence-corrected chi connectivity index (χ2v) is 6.36. The maximum absolute atomic E-state index is 10.8. The number of rotatable bonds is 6. The Balaban J connectivity index is 1.75. The predicted molar refractivity (Wildman–Crippen MR) is 82.7 cm³/mol. The molecule has 1 saturated carbocycles. The Bertz CT molecular complexity index is 442. The normalized spacial score (nSPS) is 23.9. The highest BCUT2D eigenvalue weighted by molar-refractivity contribution is 5.72. The molecule has 0 aliphatic heterocycles. The molecule has 1 aromatic carbocycles. The van der Waals surface area contributed by atoms with E-state index < -0.39 is 0 Å². The van der Waals surface area contributed by atoms with Gasteiger partial charge in [0.15, 0.2) is 0 Å². The Hall–Kier alpha value is -1.35. The molecule has 0 aromatic heterocycles. The highest BCUT2D eigenvalue weighted by atomic mass is 16.1. The van der Waals surface area contributed by atoms with Crippen molar-refractivity contribution >= 4 is 5.91 Å². The van der Waals surface area contributed by atoms with Gasteiger partial charge in [0.25, 0.3) is 0 Å². The van der Waals surface area contributed by atoms with E-state index in [2.05, 4.69) is 54.8 Å². The van der Waals surface area contributed by atoms with Gasteiger partial charge in [0.05, 0.1) is 0 Å². The molecule has 110 valence electrons. The van der Waals surface area contributed by atoms with Crippen LogP contribution in [-0.2, 0) is 4.79 Å². The van der Waals surface area contributed by atoms with Crippen LogP contribution in [0.25, 0.3) is 0 Å². The van der Waals surface area contributed by atoms with Crippen molar-refractivity contribution < 1.29 is 4.79 Å². The maximum Gasteiger partial charge on any atom is 0.216 e. The standard InChI is InChI=1S/C17H26N2O/c1-13(20)18-10-7-11-19-16-12-15(17(16,2)3)14-8-5-4-6-9-14/h4-6,8-9,15-16,19H,7,10-12H2,1-3H3,(H,18,20)/t15-,16-/m0/s1. The smallest absolute Gasteiger partial charge is 0.216 e. The van der Waals surface area contributed by atoms with Gasteiger partial charge in [0.2, 0.25) is 5.91 Å². The van der Waals surface area contributed by atoms with Crippen molar-refractivity contribution in [3.05, 3.63) is 35.9 Å². The van der Waals surface area contributed by atoms with Crippen LogP contribution in [0, 0.1) is 5.41 Å². The summed E-state index contributed by atoms with van der Waals surface area (Å²) < 4.78 is 0. The molecule has 1 aliphatic carbocycles. The van der Waals surface area contributed by atoms with Crippen LogP contribution in [0.5, 0.6) is 0 Å². The Labute approximate surface area is 122 Å². The van der Waals surface area contributed by atoms with Crippen LogP contribution in [0.3, 0.4) is 0 Å². The van der Waals surface area contributed by atoms with E-state index in [0.29, 0.717) is 17.4 Å². The fourth-order valence-corrected chi connectivity index (χ4v) is 3.15. The van der Waals surface area contributed by atoms with E-state index in [1.165, 1.54) is 12.0 Å². The zero-order valence-corrected chi connectivity index (χ0v) is 12.8. The van der Waals surface area contributed by atoms with Crippen LogP contribution in [0.2, 0.25) is 0 Å². The Morgan fingerprint density at radius 1 is 1.25 bits per heavy atom. The van der Waals surface area contributed by atoms with Gasteiger partial charge in [-0.2, -0.15) is 0 Å². The second-order valence-electron chi connectivity index (χ2n) is 6.36. The summed E-state index contributed by atoms with van der Waals surface area (Å²) >= 11 is 0. The Morgan fingerprint density at radius 2 is 1.95 bits per heavy atom. The van der Waals surface area contributed by atoms with Crippen LogP contribution in [-0.4, -0.2) is 25.0 Å². The molecular formula is C17H26N2O. The molecule has 1 aromatic rings. The lowest BCUT2D eigenvalue weighted by molar-refractivity contribution is -0.118. The first-order chi connectivity index (χ1) is 9.51. The van der Waals surface area contributed by atoms with Gasteiger partial charge in [-0.25, -0.2) is 0 Å². The number of nitrogens with one attached hydrogen (secondary N) is 2. The first-order valence-corrected chi connectivity index (χ1v) is 7.54. The number of carbonyl (C=O) groups is 1. The van der Waals surface area contributed by atoms with Crippen molar-refractivity contribution in [2.45, 2.75) is 45.6 Å². The van der Waals surface area contributed by atoms with Gasteiger partial charge >= 0.3 is 0 Å². The minimum absolute atomic E-state index is 0.0538. The van der Waals surface area contributed by atoms with Gasteiger partial charge in [0.1, 0.15) is 0 Å². The largest absolute Gasteiger partial charge is 0.356 e. The predicted octanol–water partition coefficient (Wildman–Crippen LogP) is 2.68. The van der Waals surface area contributed by atoms with Crippen molar-refractivity contribution in [3.63, 3.8) is 0 Å².